The maximum Gasteiger partial charge on any atom is 0.311 e. The number of carbonyl (C=O) groups is 1. The zero-order valence-corrected chi connectivity index (χ0v) is 31.1. The van der Waals surface area contributed by atoms with Crippen LogP contribution in [0.5, 0.6) is 0 Å². The number of aliphatic hydroxyl groups excluding tert-OH is 3. The smallest absolute Gasteiger partial charge is 0.311 e. The van der Waals surface area contributed by atoms with Crippen molar-refractivity contribution < 1.29 is 53.8 Å². The van der Waals surface area contributed by atoms with Gasteiger partial charge in [0.15, 0.2) is 6.29 Å². The number of carbonyl (C=O) groups excluding carboxylic acids is 1. The van der Waals surface area contributed by atoms with Crippen LogP contribution in [0, 0.1) is 23.7 Å². The number of oxime groups is 1. The summed E-state index contributed by atoms with van der Waals surface area (Å²) in [5.41, 5.74) is -2.12. The quantitative estimate of drug-likeness (QED) is 0.0943. The van der Waals surface area contributed by atoms with Crippen LogP contribution in [0.3, 0.4) is 0 Å². The molecule has 3 rings (SSSR count). The number of hydrogen-bond donors (Lipinski definition) is 7. The fourth-order valence-electron chi connectivity index (χ4n) is 7.16. The highest BCUT2D eigenvalue weighted by Crippen LogP contribution is 2.37. The summed E-state index contributed by atoms with van der Waals surface area (Å²) in [6, 6.07) is 1.90. The number of ether oxygens (including phenoxy) is 3. The lowest BCUT2D eigenvalue weighted by molar-refractivity contribution is -0.289. The largest absolute Gasteiger partial charge is 0.472 e. The van der Waals surface area contributed by atoms with Gasteiger partial charge in [-0.05, 0) is 59.4 Å². The SMILES string of the molecule is CC[C@H]1OC(=O)[C@H](C)[C@@H](O)[C@H](C)[C@@H](O[C@@H]2O[C@H](C)CC[C@H]2O)C(C)(O)C[C@@H](C)/C(=N\OCCNCCNCc2ccoc2)[C@H](C)[C@@H](O)[C@]1(C)O. The molecule has 2 aliphatic rings. The standard InChI is InChI=1S/C36H63N3O11/c1-9-28-36(8,45)31(42)23(4)29(39-47-17-15-37-13-14-38-19-26-12-16-46-20-26)21(2)18-35(7,44)32(24(5)30(41)25(6)33(43)49-28)50-34-27(40)11-10-22(3)48-34/h12,16,20-25,27-28,30-32,34,37-38,40-42,44-45H,9-11,13-15,17-19H2,1-8H3/b39-29+/t21-,22-,23+,24+,25-,27-,28-,30+,31-,32-,34+,35?,36-/m1/s1. The molecule has 50 heavy (non-hydrogen) atoms. The van der Waals surface area contributed by atoms with Crippen molar-refractivity contribution in [3.8, 4) is 0 Å². The highest BCUT2D eigenvalue weighted by Gasteiger charge is 2.50. The van der Waals surface area contributed by atoms with Crippen LogP contribution in [-0.4, -0.2) is 118 Å². The molecule has 7 N–H and O–H groups in total. The van der Waals surface area contributed by atoms with Gasteiger partial charge in [0.2, 0.25) is 0 Å². The predicted octanol–water partition coefficient (Wildman–Crippen LogP) is 2.10. The molecule has 288 valence electrons. The number of nitrogens with one attached hydrogen (secondary N) is 2. The maximum atomic E-state index is 13.4. The summed E-state index contributed by atoms with van der Waals surface area (Å²) in [5, 5.41) is 68.7. The third kappa shape index (κ3) is 11.2. The van der Waals surface area contributed by atoms with Gasteiger partial charge in [-0.15, -0.1) is 0 Å². The molecule has 3 heterocycles. The van der Waals surface area contributed by atoms with E-state index in [-0.39, 0.29) is 25.6 Å². The Bertz CT molecular complexity index is 1180. The molecule has 1 aromatic rings. The number of nitrogens with zero attached hydrogens (tertiary/aromatic N) is 1. The fraction of sp³-hybridized carbons (Fsp3) is 0.833. The molecule has 1 aromatic heterocycles. The molecule has 2 saturated heterocycles. The van der Waals surface area contributed by atoms with Crippen LogP contribution in [0.4, 0.5) is 0 Å². The molecule has 0 spiro atoms. The first-order valence-corrected chi connectivity index (χ1v) is 18.1. The normalized spacial score (nSPS) is 40.3. The van der Waals surface area contributed by atoms with E-state index in [4.69, 9.17) is 23.5 Å². The Balaban J connectivity index is 1.86. The minimum absolute atomic E-state index is 0.0328. The summed E-state index contributed by atoms with van der Waals surface area (Å²) in [6.07, 6.45) is -2.58. The first-order valence-electron chi connectivity index (χ1n) is 18.1. The fourth-order valence-corrected chi connectivity index (χ4v) is 7.16. The molecule has 1 unspecified atom stereocenters. The van der Waals surface area contributed by atoms with Gasteiger partial charge in [-0.3, -0.25) is 4.79 Å². The van der Waals surface area contributed by atoms with Gasteiger partial charge >= 0.3 is 5.97 Å². The lowest BCUT2D eigenvalue weighted by Gasteiger charge is -2.45. The van der Waals surface area contributed by atoms with E-state index < -0.39 is 77.7 Å². The molecule has 0 saturated carbocycles. The zero-order chi connectivity index (χ0) is 37.2. The van der Waals surface area contributed by atoms with Crippen molar-refractivity contribution in [3.63, 3.8) is 0 Å². The van der Waals surface area contributed by atoms with Crippen molar-refractivity contribution in [1.82, 2.24) is 10.6 Å². The van der Waals surface area contributed by atoms with E-state index in [1.54, 1.807) is 40.2 Å². The van der Waals surface area contributed by atoms with Crippen molar-refractivity contribution in [1.29, 1.82) is 0 Å². The number of furan rings is 1. The Morgan fingerprint density at radius 3 is 2.36 bits per heavy atom. The van der Waals surface area contributed by atoms with Crippen LogP contribution in [0.2, 0.25) is 0 Å². The Morgan fingerprint density at radius 2 is 1.70 bits per heavy atom. The molecule has 0 bridgehead atoms. The Labute approximate surface area is 296 Å². The van der Waals surface area contributed by atoms with Crippen LogP contribution in [0.15, 0.2) is 28.2 Å². The second kappa shape index (κ2) is 19.1. The van der Waals surface area contributed by atoms with E-state index in [9.17, 15) is 30.3 Å². The summed E-state index contributed by atoms with van der Waals surface area (Å²) in [4.78, 5) is 19.1. The molecule has 0 aromatic carbocycles. The van der Waals surface area contributed by atoms with Gasteiger partial charge in [0.25, 0.3) is 0 Å². The average Bonchev–Trinajstić information content (AvgIpc) is 3.59. The number of esters is 1. The van der Waals surface area contributed by atoms with Gasteiger partial charge in [0, 0.05) is 49.5 Å². The number of hydrogen-bond acceptors (Lipinski definition) is 14. The van der Waals surface area contributed by atoms with E-state index in [2.05, 4.69) is 15.8 Å². The van der Waals surface area contributed by atoms with E-state index in [1.165, 1.54) is 13.8 Å². The van der Waals surface area contributed by atoms with Crippen molar-refractivity contribution in [3.05, 3.63) is 24.2 Å². The van der Waals surface area contributed by atoms with E-state index in [1.807, 2.05) is 19.9 Å². The van der Waals surface area contributed by atoms with Gasteiger partial charge in [-0.2, -0.15) is 0 Å². The summed E-state index contributed by atoms with van der Waals surface area (Å²) in [5.74, 6) is -4.01. The van der Waals surface area contributed by atoms with Crippen LogP contribution in [0.25, 0.3) is 0 Å². The second-order valence-corrected chi connectivity index (χ2v) is 14.8. The van der Waals surface area contributed by atoms with Gasteiger partial charge in [0.05, 0.1) is 54.2 Å². The summed E-state index contributed by atoms with van der Waals surface area (Å²) in [6.45, 7) is 16.1. The summed E-state index contributed by atoms with van der Waals surface area (Å²) >= 11 is 0. The Hall–Kier alpha value is -2.14. The third-order valence-electron chi connectivity index (χ3n) is 10.3. The molecule has 2 aliphatic heterocycles. The van der Waals surface area contributed by atoms with Crippen molar-refractivity contribution in [2.24, 2.45) is 28.8 Å². The van der Waals surface area contributed by atoms with Gasteiger partial charge in [-0.1, -0.05) is 32.9 Å². The number of rotatable bonds is 12. The molecule has 14 heteroatoms. The minimum atomic E-state index is -1.89. The topological polar surface area (TPSA) is 205 Å². The van der Waals surface area contributed by atoms with Crippen molar-refractivity contribution in [2.45, 2.75) is 142 Å². The third-order valence-corrected chi connectivity index (χ3v) is 10.3. The number of aliphatic hydroxyl groups is 5. The van der Waals surface area contributed by atoms with Crippen molar-refractivity contribution in [2.75, 3.05) is 26.2 Å². The second-order valence-electron chi connectivity index (χ2n) is 14.8. The van der Waals surface area contributed by atoms with E-state index in [0.717, 1.165) is 12.1 Å². The molecular formula is C36H63N3O11. The van der Waals surface area contributed by atoms with E-state index in [0.29, 0.717) is 38.2 Å². The molecule has 0 radical (unpaired) electrons. The summed E-state index contributed by atoms with van der Waals surface area (Å²) < 4.78 is 23.1. The first-order chi connectivity index (χ1) is 23.5. The minimum Gasteiger partial charge on any atom is -0.472 e. The molecular weight excluding hydrogens is 650 g/mol. The van der Waals surface area contributed by atoms with Crippen LogP contribution < -0.4 is 10.6 Å². The average molecular weight is 714 g/mol. The van der Waals surface area contributed by atoms with Gasteiger partial charge in [-0.25, -0.2) is 0 Å². The van der Waals surface area contributed by atoms with E-state index >= 15 is 0 Å². The Morgan fingerprint density at radius 1 is 1.00 bits per heavy atom. The van der Waals surface area contributed by atoms with Gasteiger partial charge in [0.1, 0.15) is 24.4 Å². The summed E-state index contributed by atoms with van der Waals surface area (Å²) in [7, 11) is 0. The van der Waals surface area contributed by atoms with Crippen LogP contribution >= 0.6 is 0 Å². The number of cyclic esters (lactones) is 1. The van der Waals surface area contributed by atoms with Gasteiger partial charge < -0.3 is 59.6 Å². The molecule has 2 fully saturated rings. The highest BCUT2D eigenvalue weighted by atomic mass is 16.7. The first kappa shape index (κ1) is 42.3. The van der Waals surface area contributed by atoms with Crippen LogP contribution in [-0.2, 0) is 30.4 Å². The predicted molar refractivity (Wildman–Crippen MR) is 186 cm³/mol. The Kier molecular flexibility index (Phi) is 16.1. The molecule has 0 amide bonds. The molecule has 14 nitrogen and oxygen atoms in total. The lowest BCUT2D eigenvalue weighted by Crippen LogP contribution is -2.58. The molecule has 13 atom stereocenters. The molecule has 0 aliphatic carbocycles. The lowest BCUT2D eigenvalue weighted by atomic mass is 9.73. The monoisotopic (exact) mass is 713 g/mol. The maximum absolute atomic E-state index is 13.4. The zero-order valence-electron chi connectivity index (χ0n) is 31.1. The van der Waals surface area contributed by atoms with Crippen LogP contribution in [0.1, 0.15) is 86.6 Å². The highest BCUT2D eigenvalue weighted by molar-refractivity contribution is 5.88. The van der Waals surface area contributed by atoms with Crippen molar-refractivity contribution >= 4 is 11.7 Å².